The van der Waals surface area contributed by atoms with Crippen LogP contribution in [0.4, 0.5) is 56.9 Å². The molecule has 6 aromatic carbocycles. The van der Waals surface area contributed by atoms with E-state index in [-0.39, 0.29) is 39.0 Å². The molecule has 0 fully saturated rings. The molecule has 0 amide bonds. The average molecular weight is 1150 g/mol. The lowest BCUT2D eigenvalue weighted by atomic mass is 10.1. The number of phenolic OH excluding ortho intramolecular Hbond substituents is 1. The van der Waals surface area contributed by atoms with E-state index < -0.39 is 148 Å². The number of fused-ring (bicyclic) bond motifs is 1. The van der Waals surface area contributed by atoms with Gasteiger partial charge in [-0.25, -0.2) is 16.8 Å². The van der Waals surface area contributed by atoms with E-state index in [1.807, 2.05) is 0 Å². The molecule has 0 aromatic heterocycles. The van der Waals surface area contributed by atoms with Crippen molar-refractivity contribution < 1.29 is 86.8 Å². The third-order valence-electron chi connectivity index (χ3n) is 9.47. The summed E-state index contributed by atoms with van der Waals surface area (Å²) in [5, 5.41) is 32.5. The molecule has 0 bridgehead atoms. The highest BCUT2D eigenvalue weighted by atomic mass is 32.2. The van der Waals surface area contributed by atoms with Gasteiger partial charge in [0.1, 0.15) is 42.3 Å². The van der Waals surface area contributed by atoms with Crippen LogP contribution in [-0.2, 0) is 75.9 Å². The number of sulfonamides is 1. The number of rotatable bonds is 18. The first kappa shape index (κ1) is 55.3. The number of anilines is 4. The minimum Gasteiger partial charge on any atom is -0.505 e. The zero-order valence-corrected chi connectivity index (χ0v) is 41.5. The maximum atomic E-state index is 13.2. The number of nitrogens with zero attached hydrogens (tertiary/aromatic N) is 6. The van der Waals surface area contributed by atoms with Crippen LogP contribution in [-0.4, -0.2) is 94.9 Å². The molecular formula is C36H32N10O20S7. The van der Waals surface area contributed by atoms with E-state index in [0.29, 0.717) is 24.3 Å². The summed E-state index contributed by atoms with van der Waals surface area (Å²) >= 11 is -2.85. The van der Waals surface area contributed by atoms with E-state index in [1.165, 1.54) is 36.4 Å². The Labute approximate surface area is 414 Å². The minimum absolute atomic E-state index is 0.0463. The van der Waals surface area contributed by atoms with Gasteiger partial charge in [-0.05, 0) is 96.4 Å². The fourth-order valence-electron chi connectivity index (χ4n) is 6.15. The number of nitrogen functional groups attached to an aromatic ring is 3. The van der Waals surface area contributed by atoms with Gasteiger partial charge in [0.05, 0.1) is 56.0 Å². The summed E-state index contributed by atoms with van der Waals surface area (Å²) < 4.78 is 215. The summed E-state index contributed by atoms with van der Waals surface area (Å²) in [6, 6.07) is 14.3. The van der Waals surface area contributed by atoms with Crippen LogP contribution in [0.3, 0.4) is 0 Å². The summed E-state index contributed by atoms with van der Waals surface area (Å²) in [7, 11) is -29.7. The quantitative estimate of drug-likeness (QED) is 0.0227. The molecule has 6 aromatic rings. The number of benzene rings is 6. The molecular weight excluding hydrogens is 1120 g/mol. The number of hydrogen-bond donors (Lipinski definition) is 10. The largest absolute Gasteiger partial charge is 0.505 e. The standard InChI is InChI=1S/C36H32N10O20S7/c37-24-16-25(38)28(70(54,55)56)17-27(24)43-40-20-5-7-22(8-6-20)69(52,53)46-21-3-1-19(2-4-21)41-44-34-30(72(60,61)62)13-18-14-31(73(63,64)65)35(36(47)32(18)33(34)39)45-42-26-10-9-23(15-29(26)71(57,58)59)68(50,51)12-11-66-67(48)49/h1-10,13-17,46-47H,11-12,37-39H2,(H,48,49)(H,54,55,56)(H,57,58,59)(H,60,61,62)(H,63,64,65). The van der Waals surface area contributed by atoms with Gasteiger partial charge in [0.15, 0.2) is 15.6 Å². The molecule has 0 heterocycles. The highest BCUT2D eigenvalue weighted by Gasteiger charge is 2.29. The van der Waals surface area contributed by atoms with E-state index in [1.54, 1.807) is 0 Å². The Balaban J connectivity index is 1.31. The van der Waals surface area contributed by atoms with Crippen LogP contribution >= 0.6 is 0 Å². The smallest absolute Gasteiger partial charge is 0.301 e. The highest BCUT2D eigenvalue weighted by Crippen LogP contribution is 2.48. The number of phenols is 1. The van der Waals surface area contributed by atoms with Gasteiger partial charge >= 0.3 is 11.4 Å². The molecule has 0 aliphatic carbocycles. The molecule has 0 radical (unpaired) electrons. The van der Waals surface area contributed by atoms with Crippen molar-refractivity contribution in [2.24, 2.45) is 30.7 Å². The molecule has 0 spiro atoms. The Kier molecular flexibility index (Phi) is 15.5. The lowest BCUT2D eigenvalue weighted by Gasteiger charge is -2.14. The van der Waals surface area contributed by atoms with Crippen LogP contribution in [0.25, 0.3) is 10.8 Å². The fraction of sp³-hybridized carbons (Fsp3) is 0.0556. The van der Waals surface area contributed by atoms with Gasteiger partial charge in [-0.3, -0.25) is 31.7 Å². The zero-order chi connectivity index (χ0) is 54.2. The highest BCUT2D eigenvalue weighted by molar-refractivity contribution is 7.92. The van der Waals surface area contributed by atoms with Crippen molar-refractivity contribution in [1.82, 2.24) is 0 Å². The maximum absolute atomic E-state index is 13.2. The van der Waals surface area contributed by atoms with Gasteiger partial charge in [-0.15, -0.1) is 20.5 Å². The SMILES string of the molecule is Nc1cc(N)c(S(=O)(=O)O)cc1N=Nc1ccc(S(=O)(=O)Nc2ccc(N=Nc3c(S(=O)(=O)O)cc4cc(S(=O)(=O)O)c(N=Nc5ccc(S(=O)(=O)CCOS(=O)O)cc5S(=O)(=O)O)c(O)c4c3N)cc2)cc1. The molecule has 1 unspecified atom stereocenters. The molecule has 0 saturated heterocycles. The first-order chi connectivity index (χ1) is 33.7. The van der Waals surface area contributed by atoms with Crippen molar-refractivity contribution in [3.05, 3.63) is 91.0 Å². The monoisotopic (exact) mass is 1150 g/mol. The summed E-state index contributed by atoms with van der Waals surface area (Å²) in [5.41, 5.74) is 13.1. The summed E-state index contributed by atoms with van der Waals surface area (Å²) in [6.07, 6.45) is 0. The molecule has 0 aliphatic rings. The number of aromatic hydroxyl groups is 1. The van der Waals surface area contributed by atoms with Crippen molar-refractivity contribution in [1.29, 1.82) is 0 Å². The van der Waals surface area contributed by atoms with Gasteiger partial charge in [-0.2, -0.15) is 48.1 Å². The van der Waals surface area contributed by atoms with Crippen LogP contribution in [0, 0.1) is 0 Å². The first-order valence-electron chi connectivity index (χ1n) is 19.0. The molecule has 13 N–H and O–H groups in total. The van der Waals surface area contributed by atoms with Gasteiger partial charge in [0.25, 0.3) is 50.5 Å². The number of sulfone groups is 1. The number of azo groups is 3. The fourth-order valence-corrected chi connectivity index (χ4v) is 11.3. The Bertz CT molecular complexity index is 4070. The van der Waals surface area contributed by atoms with Gasteiger partial charge in [0, 0.05) is 5.69 Å². The summed E-state index contributed by atoms with van der Waals surface area (Å²) in [5.74, 6) is -2.25. The predicted octanol–water partition coefficient (Wildman–Crippen LogP) is 5.25. The Hall–Kier alpha value is -7.01. The summed E-state index contributed by atoms with van der Waals surface area (Å²) in [4.78, 5) is -5.41. The number of nitrogens with one attached hydrogen (secondary N) is 1. The van der Waals surface area contributed by atoms with Gasteiger partial charge in [0.2, 0.25) is 0 Å². The average Bonchev–Trinajstić information content (AvgIpc) is 3.26. The normalized spacial score (nSPS) is 13.6. The minimum atomic E-state index is -5.48. The molecule has 388 valence electrons. The number of hydrogen-bond acceptors (Lipinski definition) is 24. The Morgan fingerprint density at radius 1 is 0.534 bits per heavy atom. The van der Waals surface area contributed by atoms with Crippen molar-refractivity contribution in [3.63, 3.8) is 0 Å². The maximum Gasteiger partial charge on any atom is 0.301 e. The van der Waals surface area contributed by atoms with Crippen LogP contribution < -0.4 is 21.9 Å². The molecule has 30 nitrogen and oxygen atoms in total. The van der Waals surface area contributed by atoms with Crippen LogP contribution in [0.15, 0.2) is 151 Å². The molecule has 73 heavy (non-hydrogen) atoms. The Morgan fingerprint density at radius 2 is 1.03 bits per heavy atom. The topological polar surface area (TPSA) is 517 Å². The van der Waals surface area contributed by atoms with E-state index in [4.69, 9.17) is 21.8 Å². The third kappa shape index (κ3) is 13.0. The van der Waals surface area contributed by atoms with Crippen molar-refractivity contribution in [3.8, 4) is 5.75 Å². The lowest BCUT2D eigenvalue weighted by Crippen LogP contribution is -2.14. The third-order valence-corrected chi connectivity index (χ3v) is 16.4. The lowest BCUT2D eigenvalue weighted by molar-refractivity contribution is 0.326. The molecule has 0 saturated carbocycles. The summed E-state index contributed by atoms with van der Waals surface area (Å²) in [6.45, 7) is -0.829. The van der Waals surface area contributed by atoms with Crippen molar-refractivity contribution >= 4 is 139 Å². The van der Waals surface area contributed by atoms with E-state index >= 15 is 0 Å². The first-order valence-corrected chi connectivity index (χ1v) is 28.9. The van der Waals surface area contributed by atoms with Crippen LogP contribution in [0.5, 0.6) is 5.75 Å². The number of nitrogens with two attached hydrogens (primary N) is 3. The van der Waals surface area contributed by atoms with Crippen LogP contribution in [0.2, 0.25) is 0 Å². The molecule has 0 aliphatic heterocycles. The second-order valence-electron chi connectivity index (χ2n) is 14.4. The zero-order valence-electron chi connectivity index (χ0n) is 35.7. The van der Waals surface area contributed by atoms with E-state index in [0.717, 1.165) is 30.3 Å². The molecule has 1 atom stereocenters. The molecule has 6 rings (SSSR count). The Morgan fingerprint density at radius 3 is 1.58 bits per heavy atom. The molecule has 37 heteroatoms. The second kappa shape index (κ2) is 20.5. The van der Waals surface area contributed by atoms with E-state index in [2.05, 4.69) is 39.6 Å². The van der Waals surface area contributed by atoms with Crippen molar-refractivity contribution in [2.75, 3.05) is 34.3 Å². The predicted molar refractivity (Wildman–Crippen MR) is 256 cm³/mol. The second-order valence-corrected chi connectivity index (χ2v) is 24.4. The van der Waals surface area contributed by atoms with E-state index in [9.17, 15) is 78.0 Å². The van der Waals surface area contributed by atoms with Gasteiger partial charge < -0.3 is 22.3 Å². The van der Waals surface area contributed by atoms with Crippen molar-refractivity contribution in [2.45, 2.75) is 29.4 Å². The van der Waals surface area contributed by atoms with Gasteiger partial charge in [-0.1, -0.05) is 0 Å². The van der Waals surface area contributed by atoms with Crippen LogP contribution in [0.1, 0.15) is 0 Å².